The third-order valence-electron chi connectivity index (χ3n) is 5.35. The number of rotatable bonds is 7. The first-order valence-electron chi connectivity index (χ1n) is 10.6. The highest BCUT2D eigenvalue weighted by Gasteiger charge is 2.15. The molecule has 0 saturated carbocycles. The number of hydrogen-bond donors (Lipinski definition) is 0. The first kappa shape index (κ1) is 20.2. The number of ether oxygens (including phenoxy) is 1. The lowest BCUT2D eigenvalue weighted by Gasteiger charge is -2.33. The maximum Gasteiger partial charge on any atom is 0.120 e. The Labute approximate surface area is 179 Å². The van der Waals surface area contributed by atoms with Gasteiger partial charge in [0.15, 0.2) is 0 Å². The second-order valence-electron chi connectivity index (χ2n) is 7.81. The Morgan fingerprint density at radius 2 is 1.60 bits per heavy atom. The molecule has 0 atom stereocenters. The van der Waals surface area contributed by atoms with Gasteiger partial charge in [-0.05, 0) is 35.7 Å². The lowest BCUT2D eigenvalue weighted by molar-refractivity contribution is 0.131. The SMILES string of the molecule is Cc1ccc(CN2CCN(/N=C/c3cccc(OCc4ccccc4)c3)CC2)cc1. The molecule has 30 heavy (non-hydrogen) atoms. The highest BCUT2D eigenvalue weighted by atomic mass is 16.5. The van der Waals surface area contributed by atoms with E-state index >= 15 is 0 Å². The zero-order valence-corrected chi connectivity index (χ0v) is 17.6. The standard InChI is InChI=1S/C26H29N3O/c1-22-10-12-23(13-11-22)20-28-14-16-29(17-15-28)27-19-25-8-5-9-26(18-25)30-21-24-6-3-2-4-7-24/h2-13,18-19H,14-17,20-21H2,1H3/b27-19+. The average molecular weight is 400 g/mol. The summed E-state index contributed by atoms with van der Waals surface area (Å²) in [4.78, 5) is 2.49. The Bertz CT molecular complexity index is 946. The van der Waals surface area contributed by atoms with Crippen LogP contribution in [0.5, 0.6) is 5.75 Å². The van der Waals surface area contributed by atoms with Crippen LogP contribution in [-0.4, -0.2) is 42.3 Å². The third kappa shape index (κ3) is 5.94. The molecule has 0 N–H and O–H groups in total. The molecule has 1 aliphatic rings. The quantitative estimate of drug-likeness (QED) is 0.538. The fourth-order valence-corrected chi connectivity index (χ4v) is 3.54. The Morgan fingerprint density at radius 1 is 0.833 bits per heavy atom. The molecule has 3 aromatic rings. The Morgan fingerprint density at radius 3 is 2.37 bits per heavy atom. The average Bonchev–Trinajstić information content (AvgIpc) is 2.80. The molecule has 0 radical (unpaired) electrons. The fourth-order valence-electron chi connectivity index (χ4n) is 3.54. The van der Waals surface area contributed by atoms with Crippen LogP contribution in [0.15, 0.2) is 84.0 Å². The van der Waals surface area contributed by atoms with Gasteiger partial charge in [0.05, 0.1) is 6.21 Å². The zero-order chi connectivity index (χ0) is 20.6. The van der Waals surface area contributed by atoms with Crippen molar-refractivity contribution in [3.63, 3.8) is 0 Å². The number of nitrogens with zero attached hydrogens (tertiary/aromatic N) is 3. The van der Waals surface area contributed by atoms with E-state index in [2.05, 4.69) is 59.3 Å². The minimum atomic E-state index is 0.574. The van der Waals surface area contributed by atoms with E-state index in [1.165, 1.54) is 16.7 Å². The van der Waals surface area contributed by atoms with E-state index < -0.39 is 0 Å². The van der Waals surface area contributed by atoms with Crippen molar-refractivity contribution in [1.29, 1.82) is 0 Å². The van der Waals surface area contributed by atoms with Crippen molar-refractivity contribution in [3.8, 4) is 5.75 Å². The van der Waals surface area contributed by atoms with Gasteiger partial charge in [0.25, 0.3) is 0 Å². The van der Waals surface area contributed by atoms with Gasteiger partial charge in [-0.3, -0.25) is 9.91 Å². The predicted molar refractivity (Wildman–Crippen MR) is 123 cm³/mol. The van der Waals surface area contributed by atoms with Crippen molar-refractivity contribution in [1.82, 2.24) is 9.91 Å². The molecule has 4 nitrogen and oxygen atoms in total. The van der Waals surface area contributed by atoms with E-state index in [9.17, 15) is 0 Å². The van der Waals surface area contributed by atoms with Crippen LogP contribution in [0, 0.1) is 6.92 Å². The van der Waals surface area contributed by atoms with E-state index in [-0.39, 0.29) is 0 Å². The molecule has 4 rings (SSSR count). The Hall–Kier alpha value is -3.11. The van der Waals surface area contributed by atoms with Crippen molar-refractivity contribution < 1.29 is 4.74 Å². The molecule has 4 heteroatoms. The number of aryl methyl sites for hydroxylation is 1. The van der Waals surface area contributed by atoms with Crippen LogP contribution >= 0.6 is 0 Å². The van der Waals surface area contributed by atoms with Gasteiger partial charge in [-0.1, -0.05) is 72.3 Å². The van der Waals surface area contributed by atoms with Crippen LogP contribution in [0.1, 0.15) is 22.3 Å². The van der Waals surface area contributed by atoms with E-state index in [0.717, 1.165) is 44.0 Å². The number of hydrazone groups is 1. The third-order valence-corrected chi connectivity index (χ3v) is 5.35. The molecule has 3 aromatic carbocycles. The molecule has 154 valence electrons. The summed E-state index contributed by atoms with van der Waals surface area (Å²) in [6.07, 6.45) is 1.94. The first-order valence-corrected chi connectivity index (χ1v) is 10.6. The molecular formula is C26H29N3O. The van der Waals surface area contributed by atoms with Crippen LogP contribution < -0.4 is 4.74 Å². The molecular weight excluding hydrogens is 370 g/mol. The van der Waals surface area contributed by atoms with Crippen molar-refractivity contribution >= 4 is 6.21 Å². The molecule has 1 aliphatic heterocycles. The molecule has 0 aliphatic carbocycles. The van der Waals surface area contributed by atoms with Gasteiger partial charge >= 0.3 is 0 Å². The summed E-state index contributed by atoms with van der Waals surface area (Å²) in [6, 6.07) is 27.2. The first-order chi connectivity index (χ1) is 14.7. The van der Waals surface area contributed by atoms with Crippen LogP contribution in [0.3, 0.4) is 0 Å². The smallest absolute Gasteiger partial charge is 0.120 e. The summed E-state index contributed by atoms with van der Waals surface area (Å²) in [5, 5.41) is 6.85. The van der Waals surface area contributed by atoms with E-state index in [4.69, 9.17) is 9.84 Å². The molecule has 0 bridgehead atoms. The predicted octanol–water partition coefficient (Wildman–Crippen LogP) is 4.73. The van der Waals surface area contributed by atoms with Crippen LogP contribution in [0.25, 0.3) is 0 Å². The monoisotopic (exact) mass is 399 g/mol. The summed E-state index contributed by atoms with van der Waals surface area (Å²) in [7, 11) is 0. The minimum absolute atomic E-state index is 0.574. The highest BCUT2D eigenvalue weighted by Crippen LogP contribution is 2.15. The summed E-state index contributed by atoms with van der Waals surface area (Å²) in [5.41, 5.74) is 4.92. The molecule has 1 heterocycles. The van der Waals surface area contributed by atoms with E-state index in [1.54, 1.807) is 0 Å². The summed E-state index contributed by atoms with van der Waals surface area (Å²) in [5.74, 6) is 0.866. The molecule has 1 saturated heterocycles. The van der Waals surface area contributed by atoms with Gasteiger partial charge in [0.1, 0.15) is 12.4 Å². The molecule has 1 fully saturated rings. The van der Waals surface area contributed by atoms with Crippen molar-refractivity contribution in [2.24, 2.45) is 5.10 Å². The Kier molecular flexibility index (Phi) is 6.78. The van der Waals surface area contributed by atoms with E-state index in [1.807, 2.05) is 42.6 Å². The Balaban J connectivity index is 1.25. The van der Waals surface area contributed by atoms with Gasteiger partial charge in [-0.25, -0.2) is 0 Å². The molecule has 0 unspecified atom stereocenters. The summed E-state index contributed by atoms with van der Waals surface area (Å²) in [6.45, 7) is 7.69. The van der Waals surface area contributed by atoms with E-state index in [0.29, 0.717) is 6.61 Å². The maximum absolute atomic E-state index is 5.92. The second kappa shape index (κ2) is 10.1. The minimum Gasteiger partial charge on any atom is -0.489 e. The molecule has 0 spiro atoms. The summed E-state index contributed by atoms with van der Waals surface area (Å²) >= 11 is 0. The van der Waals surface area contributed by atoms with Crippen molar-refractivity contribution in [3.05, 3.63) is 101 Å². The number of hydrogen-bond acceptors (Lipinski definition) is 4. The van der Waals surface area contributed by atoms with Gasteiger partial charge in [-0.15, -0.1) is 0 Å². The molecule has 0 aromatic heterocycles. The maximum atomic E-state index is 5.92. The lowest BCUT2D eigenvalue weighted by atomic mass is 10.1. The largest absolute Gasteiger partial charge is 0.489 e. The molecule has 0 amide bonds. The summed E-state index contributed by atoms with van der Waals surface area (Å²) < 4.78 is 5.92. The lowest BCUT2D eigenvalue weighted by Crippen LogP contribution is -2.43. The van der Waals surface area contributed by atoms with Crippen molar-refractivity contribution in [2.45, 2.75) is 20.1 Å². The van der Waals surface area contributed by atoms with Gasteiger partial charge in [0.2, 0.25) is 0 Å². The topological polar surface area (TPSA) is 28.1 Å². The van der Waals surface area contributed by atoms with Crippen LogP contribution in [0.2, 0.25) is 0 Å². The van der Waals surface area contributed by atoms with Crippen molar-refractivity contribution in [2.75, 3.05) is 26.2 Å². The van der Waals surface area contributed by atoms with Gasteiger partial charge < -0.3 is 4.74 Å². The normalized spacial score (nSPS) is 14.9. The fraction of sp³-hybridized carbons (Fsp3) is 0.269. The zero-order valence-electron chi connectivity index (χ0n) is 17.6. The van der Waals surface area contributed by atoms with Crippen LogP contribution in [0.4, 0.5) is 0 Å². The number of benzene rings is 3. The second-order valence-corrected chi connectivity index (χ2v) is 7.81. The van der Waals surface area contributed by atoms with Crippen LogP contribution in [-0.2, 0) is 13.2 Å². The van der Waals surface area contributed by atoms with Gasteiger partial charge in [0, 0.05) is 32.7 Å². The number of piperazine rings is 1. The highest BCUT2D eigenvalue weighted by molar-refractivity contribution is 5.79. The van der Waals surface area contributed by atoms with Gasteiger partial charge in [-0.2, -0.15) is 5.10 Å².